The molecular formula is C19H22N2O10S. The minimum atomic E-state index is -4.05. The fraction of sp³-hybridized carbons (Fsp3) is 0.421. The van der Waals surface area contributed by atoms with Crippen molar-refractivity contribution in [1.29, 1.82) is 0 Å². The molecule has 1 saturated heterocycles. The number of carbonyl (C=O) groups is 1. The van der Waals surface area contributed by atoms with Gasteiger partial charge in [-0.25, -0.2) is 9.59 Å². The number of nitrogens with zero attached hydrogens (tertiary/aromatic N) is 1. The van der Waals surface area contributed by atoms with Gasteiger partial charge in [0, 0.05) is 12.3 Å². The van der Waals surface area contributed by atoms with Gasteiger partial charge in [-0.1, -0.05) is 17.7 Å². The zero-order valence-electron chi connectivity index (χ0n) is 17.1. The zero-order chi connectivity index (χ0) is 23.7. The van der Waals surface area contributed by atoms with Gasteiger partial charge in [0.1, 0.15) is 31.5 Å². The molecule has 0 amide bonds. The van der Waals surface area contributed by atoms with Gasteiger partial charge in [0.2, 0.25) is 5.72 Å². The minimum absolute atomic E-state index is 0.243. The third kappa shape index (κ3) is 4.97. The van der Waals surface area contributed by atoms with Gasteiger partial charge in [-0.15, -0.1) is 0 Å². The monoisotopic (exact) mass is 470 g/mol. The molecule has 1 aliphatic rings. The normalized spacial score (nSPS) is 25.6. The summed E-state index contributed by atoms with van der Waals surface area (Å²) in [7, 11) is -4.05. The van der Waals surface area contributed by atoms with Crippen molar-refractivity contribution in [1.82, 2.24) is 9.55 Å². The number of aryl methyl sites for hydroxylation is 1. The molecule has 12 nitrogen and oxygen atoms in total. The van der Waals surface area contributed by atoms with E-state index < -0.39 is 64.6 Å². The van der Waals surface area contributed by atoms with E-state index in [0.29, 0.717) is 4.57 Å². The average molecular weight is 470 g/mol. The molecule has 13 heteroatoms. The number of aromatic nitrogens is 2. The largest absolute Gasteiger partial charge is 0.459 e. The predicted molar refractivity (Wildman–Crippen MR) is 108 cm³/mol. The van der Waals surface area contributed by atoms with Gasteiger partial charge >= 0.3 is 11.7 Å². The molecule has 3 N–H and O–H groups in total. The maximum atomic E-state index is 12.3. The van der Waals surface area contributed by atoms with E-state index in [4.69, 9.17) is 13.7 Å². The van der Waals surface area contributed by atoms with Crippen LogP contribution in [-0.4, -0.2) is 71.9 Å². The van der Waals surface area contributed by atoms with Crippen LogP contribution in [-0.2, 0) is 29.5 Å². The van der Waals surface area contributed by atoms with Crippen LogP contribution < -0.4 is 11.2 Å². The number of aliphatic hydroxyl groups excluding tert-OH is 2. The molecule has 32 heavy (non-hydrogen) atoms. The molecule has 2 aromatic rings. The van der Waals surface area contributed by atoms with Crippen LogP contribution in [0.3, 0.4) is 0 Å². The van der Waals surface area contributed by atoms with E-state index in [-0.39, 0.29) is 5.56 Å². The highest BCUT2D eigenvalue weighted by Gasteiger charge is 2.57. The first-order valence-corrected chi connectivity index (χ1v) is 11.2. The molecule has 1 aromatic carbocycles. The summed E-state index contributed by atoms with van der Waals surface area (Å²) in [6.07, 6.45) is -3.21. The number of benzene rings is 1. The van der Waals surface area contributed by atoms with Gasteiger partial charge in [0.05, 0.1) is 11.8 Å². The molecule has 0 aliphatic carbocycles. The van der Waals surface area contributed by atoms with Crippen LogP contribution in [0.15, 0.2) is 46.1 Å². The molecule has 1 aliphatic heterocycles. The molecule has 174 valence electrons. The second-order valence-corrected chi connectivity index (χ2v) is 8.99. The summed E-state index contributed by atoms with van der Waals surface area (Å²) in [5.74, 6) is -0.721. The van der Waals surface area contributed by atoms with E-state index in [1.165, 1.54) is 0 Å². The van der Waals surface area contributed by atoms with Gasteiger partial charge in [-0.3, -0.25) is 18.5 Å². The topological polar surface area (TPSA) is 174 Å². The zero-order valence-corrected chi connectivity index (χ0v) is 17.9. The quantitative estimate of drug-likeness (QED) is 0.317. The summed E-state index contributed by atoms with van der Waals surface area (Å²) in [4.78, 5) is 38.0. The van der Waals surface area contributed by atoms with Gasteiger partial charge < -0.3 is 19.7 Å². The first-order chi connectivity index (χ1) is 14.9. The first kappa shape index (κ1) is 23.8. The van der Waals surface area contributed by atoms with E-state index in [9.17, 15) is 33.0 Å². The van der Waals surface area contributed by atoms with Crippen molar-refractivity contribution in [2.75, 3.05) is 19.5 Å². The Balaban J connectivity index is 1.87. The van der Waals surface area contributed by atoms with Crippen LogP contribution in [0.25, 0.3) is 0 Å². The Labute approximate surface area is 182 Å². The van der Waals surface area contributed by atoms with Crippen molar-refractivity contribution in [2.24, 2.45) is 0 Å². The lowest BCUT2D eigenvalue weighted by atomic mass is 10.0. The van der Waals surface area contributed by atoms with Crippen LogP contribution in [0, 0.1) is 6.92 Å². The molecule has 0 unspecified atom stereocenters. The highest BCUT2D eigenvalue weighted by molar-refractivity contribution is 7.85. The maximum Gasteiger partial charge on any atom is 0.338 e. The Kier molecular flexibility index (Phi) is 6.67. The highest BCUT2D eigenvalue weighted by Crippen LogP contribution is 2.35. The van der Waals surface area contributed by atoms with Gasteiger partial charge in [-0.05, 0) is 19.1 Å². The summed E-state index contributed by atoms with van der Waals surface area (Å²) in [5.41, 5.74) is -2.85. The molecule has 1 fully saturated rings. The summed E-state index contributed by atoms with van der Waals surface area (Å²) in [6.45, 7) is 0.415. The molecule has 4 atom stereocenters. The van der Waals surface area contributed by atoms with E-state index in [0.717, 1.165) is 24.1 Å². The summed E-state index contributed by atoms with van der Waals surface area (Å²) >= 11 is 0. The van der Waals surface area contributed by atoms with Crippen molar-refractivity contribution < 1.29 is 37.1 Å². The smallest absolute Gasteiger partial charge is 0.338 e. The number of hydrogen-bond donors (Lipinski definition) is 3. The van der Waals surface area contributed by atoms with Crippen molar-refractivity contribution in [2.45, 2.75) is 31.0 Å². The van der Waals surface area contributed by atoms with E-state index >= 15 is 0 Å². The fourth-order valence-electron chi connectivity index (χ4n) is 3.23. The Morgan fingerprint density at radius 1 is 1.22 bits per heavy atom. The molecule has 3 rings (SSSR count). The van der Waals surface area contributed by atoms with Crippen LogP contribution in [0.5, 0.6) is 0 Å². The number of ether oxygens (including phenoxy) is 2. The number of nitrogens with one attached hydrogen (secondary N) is 1. The van der Waals surface area contributed by atoms with Gasteiger partial charge in [0.15, 0.2) is 0 Å². The Morgan fingerprint density at radius 2 is 1.88 bits per heavy atom. The van der Waals surface area contributed by atoms with Gasteiger partial charge in [-0.2, -0.15) is 8.42 Å². The number of aromatic amines is 1. The lowest BCUT2D eigenvalue weighted by Gasteiger charge is -2.32. The number of rotatable bonds is 7. The van der Waals surface area contributed by atoms with Crippen LogP contribution in [0.4, 0.5) is 0 Å². The molecule has 1 aromatic heterocycles. The average Bonchev–Trinajstić information content (AvgIpc) is 2.96. The lowest BCUT2D eigenvalue weighted by Crippen LogP contribution is -2.54. The predicted octanol–water partition coefficient (Wildman–Crippen LogP) is -1.55. The maximum absolute atomic E-state index is 12.3. The summed E-state index contributed by atoms with van der Waals surface area (Å²) in [6, 6.07) is 7.44. The second kappa shape index (κ2) is 8.96. The van der Waals surface area contributed by atoms with E-state index in [1.54, 1.807) is 24.3 Å². The van der Waals surface area contributed by atoms with Crippen molar-refractivity contribution >= 4 is 16.1 Å². The molecular weight excluding hydrogens is 448 g/mol. The van der Waals surface area contributed by atoms with Crippen molar-refractivity contribution in [3.63, 3.8) is 0 Å². The molecule has 0 radical (unpaired) electrons. The SMILES string of the molecule is Cc1ccc(C(=O)OC[C@H]2O[C@@](COS(C)(=O)=O)(n3ccc(=O)[nH]c3=O)[C@H](O)[C@@H]2O)cc1. The summed E-state index contributed by atoms with van der Waals surface area (Å²) in [5, 5.41) is 21.2. The van der Waals surface area contributed by atoms with E-state index in [2.05, 4.69) is 0 Å². The third-order valence-corrected chi connectivity index (χ3v) is 5.45. The Hall–Kier alpha value is -2.84. The van der Waals surface area contributed by atoms with Crippen molar-refractivity contribution in [3.05, 3.63) is 68.5 Å². The third-order valence-electron chi connectivity index (χ3n) is 4.90. The number of H-pyrrole nitrogens is 1. The highest BCUT2D eigenvalue weighted by atomic mass is 32.2. The molecule has 0 spiro atoms. The Bertz CT molecular complexity index is 1200. The van der Waals surface area contributed by atoms with Gasteiger partial charge in [0.25, 0.3) is 15.7 Å². The number of hydrogen-bond acceptors (Lipinski definition) is 10. The fourth-order valence-corrected chi connectivity index (χ4v) is 3.61. The van der Waals surface area contributed by atoms with Crippen LogP contribution in [0.2, 0.25) is 0 Å². The minimum Gasteiger partial charge on any atom is -0.459 e. The first-order valence-electron chi connectivity index (χ1n) is 9.37. The Morgan fingerprint density at radius 3 is 2.47 bits per heavy atom. The number of carbonyl (C=O) groups excluding carboxylic acids is 1. The second-order valence-electron chi connectivity index (χ2n) is 7.35. The lowest BCUT2D eigenvalue weighted by molar-refractivity contribution is -0.168. The number of aliphatic hydroxyl groups is 2. The molecule has 0 saturated carbocycles. The van der Waals surface area contributed by atoms with Crippen LogP contribution in [0.1, 0.15) is 15.9 Å². The standard InChI is InChI=1S/C19H22N2O10S/c1-11-3-5-12(6-4-11)17(25)29-9-13-15(23)16(24)19(31-13,10-30-32(2,27)28)21-8-7-14(22)20-18(21)26/h3-8,13,15-16,23-24H,9-10H2,1-2H3,(H,20,22,26)/t13-,15-,16-,19-/m1/s1. The molecule has 0 bridgehead atoms. The molecule has 2 heterocycles. The number of esters is 1. The van der Waals surface area contributed by atoms with Crippen LogP contribution >= 0.6 is 0 Å². The van der Waals surface area contributed by atoms with Crippen molar-refractivity contribution in [3.8, 4) is 0 Å². The van der Waals surface area contributed by atoms with E-state index in [1.807, 2.05) is 11.9 Å². The summed E-state index contributed by atoms with van der Waals surface area (Å²) < 4.78 is 39.3.